The number of hydrogen-bond acceptors (Lipinski definition) is 6. The first-order valence-electron chi connectivity index (χ1n) is 13.6. The van der Waals surface area contributed by atoms with Crippen molar-refractivity contribution in [3.8, 4) is 5.75 Å². The topological polar surface area (TPSA) is 79.3 Å². The van der Waals surface area contributed by atoms with Crippen LogP contribution in [0.3, 0.4) is 0 Å². The minimum absolute atomic E-state index is 0.0277. The van der Waals surface area contributed by atoms with Crippen LogP contribution in [-0.2, 0) is 19.7 Å². The number of ether oxygens (including phenoxy) is 2. The van der Waals surface area contributed by atoms with Gasteiger partial charge in [0.15, 0.2) is 0 Å². The van der Waals surface area contributed by atoms with Crippen molar-refractivity contribution >= 4 is 17.4 Å². The Labute approximate surface area is 226 Å². The summed E-state index contributed by atoms with van der Waals surface area (Å²) in [6.45, 7) is 13.5. The zero-order valence-electron chi connectivity index (χ0n) is 23.0. The third-order valence-corrected chi connectivity index (χ3v) is 7.21. The SMILES string of the molecule is CCCOc1ccc(C(O)=C2C(=O)C(=O)N(CCCN3CCOCC3)[C@@H]2c2ccc(C(C)(C)C)cc2)cc1. The Balaban J connectivity index is 1.66. The molecule has 0 radical (unpaired) electrons. The fourth-order valence-corrected chi connectivity index (χ4v) is 5.00. The van der Waals surface area contributed by atoms with Gasteiger partial charge in [0.1, 0.15) is 11.5 Å². The molecule has 0 saturated carbocycles. The molecule has 2 fully saturated rings. The van der Waals surface area contributed by atoms with Crippen molar-refractivity contribution in [3.63, 3.8) is 0 Å². The van der Waals surface area contributed by atoms with E-state index in [2.05, 4.69) is 25.7 Å². The quantitative estimate of drug-likeness (QED) is 0.287. The highest BCUT2D eigenvalue weighted by atomic mass is 16.5. The second-order valence-corrected chi connectivity index (χ2v) is 11.0. The predicted molar refractivity (Wildman–Crippen MR) is 148 cm³/mol. The van der Waals surface area contributed by atoms with E-state index in [9.17, 15) is 14.7 Å². The summed E-state index contributed by atoms with van der Waals surface area (Å²) >= 11 is 0. The van der Waals surface area contributed by atoms with Gasteiger partial charge in [-0.05, 0) is 53.6 Å². The molecule has 1 amide bonds. The monoisotopic (exact) mass is 520 g/mol. The second-order valence-electron chi connectivity index (χ2n) is 11.0. The van der Waals surface area contributed by atoms with Crippen LogP contribution in [0.2, 0.25) is 0 Å². The molecule has 0 aliphatic carbocycles. The van der Waals surface area contributed by atoms with Crippen LogP contribution in [0.4, 0.5) is 0 Å². The smallest absolute Gasteiger partial charge is 0.295 e. The molecule has 2 saturated heterocycles. The lowest BCUT2D eigenvalue weighted by Gasteiger charge is -2.29. The number of amides is 1. The molecule has 0 spiro atoms. The summed E-state index contributed by atoms with van der Waals surface area (Å²) in [5.74, 6) is -0.682. The molecule has 7 nitrogen and oxygen atoms in total. The fraction of sp³-hybridized carbons (Fsp3) is 0.484. The van der Waals surface area contributed by atoms with Gasteiger partial charge in [-0.3, -0.25) is 14.5 Å². The number of benzene rings is 2. The first-order valence-corrected chi connectivity index (χ1v) is 13.6. The van der Waals surface area contributed by atoms with Gasteiger partial charge < -0.3 is 19.5 Å². The maximum atomic E-state index is 13.4. The minimum Gasteiger partial charge on any atom is -0.507 e. The summed E-state index contributed by atoms with van der Waals surface area (Å²) in [6, 6.07) is 14.4. The third kappa shape index (κ3) is 6.27. The Kier molecular flexibility index (Phi) is 8.90. The summed E-state index contributed by atoms with van der Waals surface area (Å²) in [7, 11) is 0. The molecule has 2 aliphatic rings. The molecule has 0 bridgehead atoms. The predicted octanol–water partition coefficient (Wildman–Crippen LogP) is 4.92. The van der Waals surface area contributed by atoms with Crippen LogP contribution in [0, 0.1) is 0 Å². The van der Waals surface area contributed by atoms with Gasteiger partial charge in [-0.15, -0.1) is 0 Å². The van der Waals surface area contributed by atoms with Crippen LogP contribution in [-0.4, -0.2) is 72.6 Å². The highest BCUT2D eigenvalue weighted by Gasteiger charge is 2.45. The van der Waals surface area contributed by atoms with E-state index in [1.54, 1.807) is 29.2 Å². The molecule has 38 heavy (non-hydrogen) atoms. The summed E-state index contributed by atoms with van der Waals surface area (Å²) in [6.07, 6.45) is 1.62. The first kappa shape index (κ1) is 27.9. The molecule has 204 valence electrons. The first-order chi connectivity index (χ1) is 18.2. The lowest BCUT2D eigenvalue weighted by atomic mass is 9.85. The van der Waals surface area contributed by atoms with E-state index in [0.29, 0.717) is 37.7 Å². The van der Waals surface area contributed by atoms with Crippen LogP contribution in [0.15, 0.2) is 54.1 Å². The zero-order valence-corrected chi connectivity index (χ0v) is 23.0. The van der Waals surface area contributed by atoms with Crippen LogP contribution < -0.4 is 4.74 Å². The molecule has 7 heteroatoms. The molecular weight excluding hydrogens is 480 g/mol. The Bertz CT molecular complexity index is 1140. The molecule has 1 atom stereocenters. The summed E-state index contributed by atoms with van der Waals surface area (Å²) in [5.41, 5.74) is 2.56. The van der Waals surface area contributed by atoms with E-state index in [0.717, 1.165) is 43.6 Å². The molecule has 2 aromatic carbocycles. The van der Waals surface area contributed by atoms with Crippen molar-refractivity contribution < 1.29 is 24.2 Å². The lowest BCUT2D eigenvalue weighted by molar-refractivity contribution is -0.140. The number of carbonyl (C=O) groups is 2. The van der Waals surface area contributed by atoms with E-state index < -0.39 is 17.7 Å². The van der Waals surface area contributed by atoms with Crippen LogP contribution >= 0.6 is 0 Å². The number of aliphatic hydroxyl groups excluding tert-OH is 1. The standard InChI is InChI=1S/C31H40N2O5/c1-5-19-38-25-13-9-23(10-14-25)28(34)26-27(22-7-11-24(12-8-22)31(2,3)4)33(30(36)29(26)35)16-6-15-32-17-20-37-21-18-32/h7-14,27,34H,5-6,15-21H2,1-4H3/t27-/m1/s1. The summed E-state index contributed by atoms with van der Waals surface area (Å²) < 4.78 is 11.1. The van der Waals surface area contributed by atoms with E-state index in [4.69, 9.17) is 9.47 Å². The van der Waals surface area contributed by atoms with Gasteiger partial charge in [-0.1, -0.05) is 52.0 Å². The van der Waals surface area contributed by atoms with Gasteiger partial charge in [-0.2, -0.15) is 0 Å². The van der Waals surface area contributed by atoms with E-state index in [1.165, 1.54) is 0 Å². The lowest BCUT2D eigenvalue weighted by Crippen LogP contribution is -2.39. The Morgan fingerprint density at radius 1 is 1.00 bits per heavy atom. The number of morpholine rings is 1. The minimum atomic E-state index is -0.648. The van der Waals surface area contributed by atoms with E-state index >= 15 is 0 Å². The normalized spacial score (nSPS) is 20.2. The van der Waals surface area contributed by atoms with E-state index in [1.807, 2.05) is 31.2 Å². The van der Waals surface area contributed by atoms with Gasteiger partial charge >= 0.3 is 0 Å². The van der Waals surface area contributed by atoms with Crippen LogP contribution in [0.25, 0.3) is 5.76 Å². The number of likely N-dealkylation sites (tertiary alicyclic amines) is 1. The van der Waals surface area contributed by atoms with Gasteiger partial charge in [-0.25, -0.2) is 0 Å². The summed E-state index contributed by atoms with van der Waals surface area (Å²) in [5, 5.41) is 11.4. The van der Waals surface area contributed by atoms with Crippen molar-refractivity contribution in [1.29, 1.82) is 0 Å². The van der Waals surface area contributed by atoms with Crippen molar-refractivity contribution in [2.45, 2.75) is 52.0 Å². The fourth-order valence-electron chi connectivity index (χ4n) is 5.00. The van der Waals surface area contributed by atoms with Crippen molar-refractivity contribution in [1.82, 2.24) is 9.80 Å². The molecule has 2 heterocycles. The van der Waals surface area contributed by atoms with Crippen molar-refractivity contribution in [2.24, 2.45) is 0 Å². The van der Waals surface area contributed by atoms with E-state index in [-0.39, 0.29) is 16.7 Å². The molecule has 0 aromatic heterocycles. The number of ketones is 1. The highest BCUT2D eigenvalue weighted by Crippen LogP contribution is 2.40. The number of aliphatic hydroxyl groups is 1. The molecule has 4 rings (SSSR count). The third-order valence-electron chi connectivity index (χ3n) is 7.21. The van der Waals surface area contributed by atoms with Crippen molar-refractivity contribution in [2.75, 3.05) is 46.0 Å². The van der Waals surface area contributed by atoms with Crippen LogP contribution in [0.5, 0.6) is 5.75 Å². The average molecular weight is 521 g/mol. The number of nitrogens with zero attached hydrogens (tertiary/aromatic N) is 2. The number of rotatable bonds is 9. The molecule has 2 aromatic rings. The molecule has 1 N–H and O–H groups in total. The maximum Gasteiger partial charge on any atom is 0.295 e. The number of Topliss-reactive ketones (excluding diaryl/α,β-unsaturated/α-hetero) is 1. The number of carbonyl (C=O) groups excluding carboxylic acids is 2. The van der Waals surface area contributed by atoms with Gasteiger partial charge in [0.2, 0.25) is 0 Å². The molecular formula is C31H40N2O5. The molecule has 0 unspecified atom stereocenters. The highest BCUT2D eigenvalue weighted by molar-refractivity contribution is 6.46. The van der Waals surface area contributed by atoms with Gasteiger partial charge in [0, 0.05) is 31.7 Å². The Morgan fingerprint density at radius 3 is 2.26 bits per heavy atom. The molecule has 2 aliphatic heterocycles. The van der Waals surface area contributed by atoms with Crippen molar-refractivity contribution in [3.05, 3.63) is 70.8 Å². The largest absolute Gasteiger partial charge is 0.507 e. The van der Waals surface area contributed by atoms with Crippen LogP contribution in [0.1, 0.15) is 63.3 Å². The maximum absolute atomic E-state index is 13.4. The number of hydrogen-bond donors (Lipinski definition) is 1. The second kappa shape index (κ2) is 12.1. The van der Waals surface area contributed by atoms with Gasteiger partial charge in [0.25, 0.3) is 11.7 Å². The summed E-state index contributed by atoms with van der Waals surface area (Å²) in [4.78, 5) is 30.6. The zero-order chi connectivity index (χ0) is 27.3. The Morgan fingerprint density at radius 2 is 1.66 bits per heavy atom. The van der Waals surface area contributed by atoms with Gasteiger partial charge in [0.05, 0.1) is 31.4 Å². The Hall–Kier alpha value is -3.16. The average Bonchev–Trinajstić information content (AvgIpc) is 3.17.